The largest absolute Gasteiger partial charge is 0.507 e. The molecule has 164 valence electrons. The predicted molar refractivity (Wildman–Crippen MR) is 136 cm³/mol. The SMILES string of the molecule is CC1=C(C)c2c(C)c(O)c3c(=O)cc(C)c4c5c(C)cc(=O)c6c(O)c(C)c(c(c2c34)c65)C1. The summed E-state index contributed by atoms with van der Waals surface area (Å²) in [7, 11) is 0. The highest BCUT2D eigenvalue weighted by Gasteiger charge is 2.30. The minimum Gasteiger partial charge on any atom is -0.507 e. The molecule has 0 spiro atoms. The predicted octanol–water partition coefficient (Wildman–Crippen LogP) is 5.89. The van der Waals surface area contributed by atoms with E-state index in [4.69, 9.17) is 0 Å². The van der Waals surface area contributed by atoms with Crippen LogP contribution >= 0.6 is 0 Å². The third-order valence-corrected chi connectivity index (χ3v) is 8.00. The van der Waals surface area contributed by atoms with Crippen molar-refractivity contribution in [1.82, 2.24) is 0 Å². The number of allylic oxidation sites excluding steroid dienone is 2. The molecule has 0 aromatic heterocycles. The summed E-state index contributed by atoms with van der Waals surface area (Å²) in [6, 6.07) is 3.15. The molecule has 5 aromatic carbocycles. The number of phenolic OH excluding ortho intramolecular Hbond substituents is 2. The smallest absolute Gasteiger partial charge is 0.190 e. The fraction of sp³-hybridized carbons (Fsp3) is 0.241. The Morgan fingerprint density at radius 2 is 1.09 bits per heavy atom. The zero-order chi connectivity index (χ0) is 23.7. The fourth-order valence-electron chi connectivity index (χ4n) is 6.30. The number of phenols is 2. The Morgan fingerprint density at radius 1 is 0.606 bits per heavy atom. The summed E-state index contributed by atoms with van der Waals surface area (Å²) in [5.74, 6) is 0.0658. The number of hydrogen-bond acceptors (Lipinski definition) is 4. The number of aromatic hydroxyl groups is 2. The number of fused-ring (bicyclic) bond motifs is 1. The molecule has 0 bridgehead atoms. The van der Waals surface area contributed by atoms with Crippen LogP contribution in [0.4, 0.5) is 0 Å². The Kier molecular flexibility index (Phi) is 3.64. The Hall–Kier alpha value is -3.66. The number of aryl methyl sites for hydroxylation is 2. The lowest BCUT2D eigenvalue weighted by Crippen LogP contribution is -2.09. The second-order valence-electron chi connectivity index (χ2n) is 9.77. The van der Waals surface area contributed by atoms with E-state index >= 15 is 0 Å². The van der Waals surface area contributed by atoms with Gasteiger partial charge in [0.25, 0.3) is 0 Å². The van der Waals surface area contributed by atoms with Crippen LogP contribution in [0, 0.1) is 27.7 Å². The first-order valence-corrected chi connectivity index (χ1v) is 11.2. The average Bonchev–Trinajstić information content (AvgIpc) is 2.86. The van der Waals surface area contributed by atoms with Crippen LogP contribution in [0.3, 0.4) is 0 Å². The maximum absolute atomic E-state index is 13.2. The molecule has 0 aliphatic heterocycles. The normalized spacial score (nSPS) is 14.0. The molecule has 0 amide bonds. The van der Waals surface area contributed by atoms with Crippen LogP contribution in [0.25, 0.3) is 48.7 Å². The van der Waals surface area contributed by atoms with E-state index in [0.29, 0.717) is 28.3 Å². The van der Waals surface area contributed by atoms with E-state index in [1.807, 2.05) is 27.7 Å². The summed E-state index contributed by atoms with van der Waals surface area (Å²) in [5, 5.41) is 28.3. The van der Waals surface area contributed by atoms with Crippen molar-refractivity contribution in [3.63, 3.8) is 0 Å². The molecule has 2 N–H and O–H groups in total. The Balaban J connectivity index is 2.24. The quantitative estimate of drug-likeness (QED) is 0.234. The van der Waals surface area contributed by atoms with E-state index in [1.54, 1.807) is 12.1 Å². The third-order valence-electron chi connectivity index (χ3n) is 8.00. The first-order valence-electron chi connectivity index (χ1n) is 11.2. The number of hydrogen-bond donors (Lipinski definition) is 2. The minimum atomic E-state index is -0.202. The van der Waals surface area contributed by atoms with Gasteiger partial charge in [0.15, 0.2) is 10.9 Å². The van der Waals surface area contributed by atoms with Gasteiger partial charge in [-0.25, -0.2) is 0 Å². The number of benzene rings is 5. The first kappa shape index (κ1) is 20.0. The molecule has 4 heteroatoms. The van der Waals surface area contributed by atoms with E-state index in [1.165, 1.54) is 0 Å². The van der Waals surface area contributed by atoms with Gasteiger partial charge in [0.1, 0.15) is 11.5 Å². The summed E-state index contributed by atoms with van der Waals surface area (Å²) in [6.07, 6.45) is 0.625. The summed E-state index contributed by atoms with van der Waals surface area (Å²) < 4.78 is 0. The van der Waals surface area contributed by atoms with Crippen molar-refractivity contribution in [2.45, 2.75) is 48.0 Å². The minimum absolute atomic E-state index is 0.0268. The van der Waals surface area contributed by atoms with Crippen LogP contribution in [0.5, 0.6) is 11.5 Å². The van der Waals surface area contributed by atoms with Gasteiger partial charge < -0.3 is 10.2 Å². The van der Waals surface area contributed by atoms with E-state index in [9.17, 15) is 19.8 Å². The van der Waals surface area contributed by atoms with Gasteiger partial charge in [-0.3, -0.25) is 9.59 Å². The molecule has 6 rings (SSSR count). The van der Waals surface area contributed by atoms with Crippen LogP contribution in [0.2, 0.25) is 0 Å². The molecule has 1 aliphatic rings. The van der Waals surface area contributed by atoms with Gasteiger partial charge in [-0.2, -0.15) is 0 Å². The molecule has 0 unspecified atom stereocenters. The van der Waals surface area contributed by atoms with Crippen molar-refractivity contribution in [3.05, 3.63) is 71.5 Å². The van der Waals surface area contributed by atoms with Gasteiger partial charge >= 0.3 is 0 Å². The van der Waals surface area contributed by atoms with Crippen LogP contribution in [-0.4, -0.2) is 10.2 Å². The Morgan fingerprint density at radius 3 is 1.64 bits per heavy atom. The lowest BCUT2D eigenvalue weighted by molar-refractivity contribution is 0.476. The molecule has 0 radical (unpaired) electrons. The van der Waals surface area contributed by atoms with Crippen molar-refractivity contribution in [3.8, 4) is 11.5 Å². The van der Waals surface area contributed by atoms with E-state index in [2.05, 4.69) is 13.8 Å². The second-order valence-corrected chi connectivity index (χ2v) is 9.77. The van der Waals surface area contributed by atoms with Crippen LogP contribution in [-0.2, 0) is 6.42 Å². The molecule has 33 heavy (non-hydrogen) atoms. The zero-order valence-corrected chi connectivity index (χ0v) is 19.6. The highest BCUT2D eigenvalue weighted by Crippen LogP contribution is 2.52. The molecule has 4 nitrogen and oxygen atoms in total. The van der Waals surface area contributed by atoms with Gasteiger partial charge in [0, 0.05) is 10.8 Å². The summed E-state index contributed by atoms with van der Waals surface area (Å²) in [6.45, 7) is 11.6. The van der Waals surface area contributed by atoms with Gasteiger partial charge in [-0.1, -0.05) is 5.57 Å². The fourth-order valence-corrected chi connectivity index (χ4v) is 6.30. The van der Waals surface area contributed by atoms with E-state index < -0.39 is 0 Å². The lowest BCUT2D eigenvalue weighted by Gasteiger charge is -2.23. The first-order chi connectivity index (χ1) is 15.6. The van der Waals surface area contributed by atoms with Crippen LogP contribution < -0.4 is 10.9 Å². The summed E-state index contributed by atoms with van der Waals surface area (Å²) in [4.78, 5) is 26.4. The third kappa shape index (κ3) is 2.12. The molecule has 0 fully saturated rings. The van der Waals surface area contributed by atoms with Crippen LogP contribution in [0.15, 0.2) is 27.3 Å². The van der Waals surface area contributed by atoms with Gasteiger partial charge in [0.2, 0.25) is 0 Å². The topological polar surface area (TPSA) is 74.6 Å². The molecular weight excluding hydrogens is 412 g/mol. The monoisotopic (exact) mass is 436 g/mol. The van der Waals surface area contributed by atoms with E-state index in [-0.39, 0.29) is 22.4 Å². The lowest BCUT2D eigenvalue weighted by atomic mass is 9.80. The molecule has 0 heterocycles. The molecular formula is C29H24O4. The summed E-state index contributed by atoms with van der Waals surface area (Å²) in [5.41, 5.74) is 6.67. The van der Waals surface area contributed by atoms with Crippen LogP contribution in [0.1, 0.15) is 47.2 Å². The van der Waals surface area contributed by atoms with E-state index in [0.717, 1.165) is 65.7 Å². The van der Waals surface area contributed by atoms with Gasteiger partial charge in [0.05, 0.1) is 10.8 Å². The molecule has 0 atom stereocenters. The summed E-state index contributed by atoms with van der Waals surface area (Å²) >= 11 is 0. The molecule has 1 aliphatic carbocycles. The van der Waals surface area contributed by atoms with Crippen molar-refractivity contribution in [2.24, 2.45) is 0 Å². The Bertz CT molecular complexity index is 1890. The standard InChI is InChI=1S/C29H24O4/c1-10-7-16-14(5)28(32)23-17(30)8-11(2)19-20-12(3)9-18(31)24-26(20)27(22(16)25(19)23)21(13(10)4)15(6)29(24)33/h8-9,32-33H,7H2,1-6H3. The van der Waals surface area contributed by atoms with Gasteiger partial charge in [-0.15, -0.1) is 0 Å². The Labute approximate surface area is 190 Å². The molecule has 0 saturated heterocycles. The van der Waals surface area contributed by atoms with Crippen molar-refractivity contribution in [1.29, 1.82) is 0 Å². The van der Waals surface area contributed by atoms with Crippen molar-refractivity contribution in [2.75, 3.05) is 0 Å². The highest BCUT2D eigenvalue weighted by molar-refractivity contribution is 6.38. The maximum atomic E-state index is 13.2. The average molecular weight is 437 g/mol. The maximum Gasteiger partial charge on any atom is 0.190 e. The molecule has 0 saturated carbocycles. The van der Waals surface area contributed by atoms with Crippen molar-refractivity contribution < 1.29 is 10.2 Å². The molecule has 5 aromatic rings. The number of rotatable bonds is 0. The second kappa shape index (κ2) is 6.02. The highest BCUT2D eigenvalue weighted by atomic mass is 16.3. The zero-order valence-electron chi connectivity index (χ0n) is 19.6. The van der Waals surface area contributed by atoms with Crippen molar-refractivity contribution >= 4 is 48.7 Å². The van der Waals surface area contributed by atoms with Gasteiger partial charge in [-0.05, 0) is 121 Å².